The molecule has 6 heteroatoms. The number of aliphatic hydroxyl groups is 1. The molecule has 2 rings (SSSR count). The van der Waals surface area contributed by atoms with Gasteiger partial charge in [-0.2, -0.15) is 0 Å². The predicted octanol–water partition coefficient (Wildman–Crippen LogP) is 3.98. The third-order valence-electron chi connectivity index (χ3n) is 2.67. The van der Waals surface area contributed by atoms with Crippen LogP contribution in [0.2, 0.25) is 10.0 Å². The van der Waals surface area contributed by atoms with Crippen molar-refractivity contribution in [2.24, 2.45) is 0 Å². The number of nitrogens with zero attached hydrogens (tertiary/aromatic N) is 1. The number of rotatable bonds is 3. The summed E-state index contributed by atoms with van der Waals surface area (Å²) in [5, 5.41) is 21.8. The molecule has 0 bridgehead atoms. The molecule has 0 heterocycles. The fourth-order valence-corrected chi connectivity index (χ4v) is 2.03. The highest BCUT2D eigenvalue weighted by atomic mass is 35.5. The number of halogens is 2. The molecular weight excluding hydrogens is 289 g/mol. The zero-order valence-corrected chi connectivity index (χ0v) is 11.1. The smallest absolute Gasteiger partial charge is 0.269 e. The fourth-order valence-electron chi connectivity index (χ4n) is 1.68. The molecule has 0 amide bonds. The average molecular weight is 298 g/mol. The van der Waals surface area contributed by atoms with Crippen molar-refractivity contribution in [3.8, 4) is 0 Å². The van der Waals surface area contributed by atoms with Gasteiger partial charge in [0.15, 0.2) is 0 Å². The van der Waals surface area contributed by atoms with E-state index in [-0.39, 0.29) is 16.3 Å². The molecule has 1 atom stereocenters. The van der Waals surface area contributed by atoms with E-state index in [9.17, 15) is 15.2 Å². The number of benzene rings is 2. The lowest BCUT2D eigenvalue weighted by Gasteiger charge is -2.13. The number of nitro groups is 1. The van der Waals surface area contributed by atoms with Gasteiger partial charge in [-0.3, -0.25) is 10.1 Å². The van der Waals surface area contributed by atoms with Gasteiger partial charge in [-0.1, -0.05) is 35.3 Å². The second-order valence-electron chi connectivity index (χ2n) is 3.92. The van der Waals surface area contributed by atoms with Gasteiger partial charge < -0.3 is 5.11 Å². The van der Waals surface area contributed by atoms with E-state index in [1.54, 1.807) is 24.3 Å². The number of non-ortho nitro benzene ring substituents is 1. The molecule has 0 fully saturated rings. The van der Waals surface area contributed by atoms with E-state index in [1.807, 2.05) is 0 Å². The summed E-state index contributed by atoms with van der Waals surface area (Å²) in [7, 11) is 0. The molecular formula is C13H9Cl2NO3. The number of hydrogen-bond acceptors (Lipinski definition) is 3. The minimum Gasteiger partial charge on any atom is -0.384 e. The van der Waals surface area contributed by atoms with Crippen LogP contribution >= 0.6 is 23.2 Å². The van der Waals surface area contributed by atoms with Crippen molar-refractivity contribution in [3.05, 3.63) is 73.8 Å². The number of aliphatic hydroxyl groups excluding tert-OH is 1. The van der Waals surface area contributed by atoms with Gasteiger partial charge in [0, 0.05) is 27.7 Å². The molecule has 4 nitrogen and oxygen atoms in total. The molecule has 1 unspecified atom stereocenters. The second-order valence-corrected chi connectivity index (χ2v) is 4.76. The minimum atomic E-state index is -1.04. The van der Waals surface area contributed by atoms with Gasteiger partial charge in [0.25, 0.3) is 5.69 Å². The number of hydrogen-bond donors (Lipinski definition) is 1. The van der Waals surface area contributed by atoms with Crippen molar-refractivity contribution in [1.82, 2.24) is 0 Å². The molecule has 19 heavy (non-hydrogen) atoms. The summed E-state index contributed by atoms with van der Waals surface area (Å²) in [5.41, 5.74) is 0.734. The van der Waals surface area contributed by atoms with Crippen LogP contribution in [0.15, 0.2) is 42.5 Å². The molecule has 2 aromatic carbocycles. The van der Waals surface area contributed by atoms with Crippen LogP contribution in [-0.2, 0) is 0 Å². The summed E-state index contributed by atoms with van der Waals surface area (Å²) < 4.78 is 0. The van der Waals surface area contributed by atoms with Gasteiger partial charge in [0.1, 0.15) is 6.10 Å². The Morgan fingerprint density at radius 2 is 1.74 bits per heavy atom. The molecule has 0 aliphatic heterocycles. The van der Waals surface area contributed by atoms with Crippen molar-refractivity contribution in [3.63, 3.8) is 0 Å². The lowest BCUT2D eigenvalue weighted by Crippen LogP contribution is -2.01. The van der Waals surface area contributed by atoms with Crippen molar-refractivity contribution < 1.29 is 10.0 Å². The van der Waals surface area contributed by atoms with Gasteiger partial charge in [-0.05, 0) is 23.8 Å². The number of nitro benzene ring substituents is 1. The molecule has 0 spiro atoms. The molecule has 98 valence electrons. The second kappa shape index (κ2) is 5.57. The Labute approximate surface area is 119 Å². The topological polar surface area (TPSA) is 63.4 Å². The van der Waals surface area contributed by atoms with Crippen molar-refractivity contribution >= 4 is 28.9 Å². The molecule has 0 aliphatic rings. The van der Waals surface area contributed by atoms with E-state index in [0.717, 1.165) is 0 Å². The van der Waals surface area contributed by atoms with Gasteiger partial charge in [0.05, 0.1) is 4.92 Å². The Kier molecular flexibility index (Phi) is 4.04. The molecule has 2 aromatic rings. The first-order valence-electron chi connectivity index (χ1n) is 5.36. The van der Waals surface area contributed by atoms with E-state index in [1.165, 1.54) is 18.2 Å². The summed E-state index contributed by atoms with van der Waals surface area (Å²) in [5.74, 6) is 0. The van der Waals surface area contributed by atoms with Crippen LogP contribution in [0.4, 0.5) is 5.69 Å². The van der Waals surface area contributed by atoms with Crippen molar-refractivity contribution in [2.75, 3.05) is 0 Å². The predicted molar refractivity (Wildman–Crippen MR) is 73.6 cm³/mol. The van der Waals surface area contributed by atoms with Gasteiger partial charge in [-0.25, -0.2) is 0 Å². The highest BCUT2D eigenvalue weighted by molar-refractivity contribution is 6.31. The van der Waals surface area contributed by atoms with Gasteiger partial charge >= 0.3 is 0 Å². The van der Waals surface area contributed by atoms with Crippen LogP contribution in [0, 0.1) is 10.1 Å². The van der Waals surface area contributed by atoms with Crippen molar-refractivity contribution in [1.29, 1.82) is 0 Å². The van der Waals surface area contributed by atoms with E-state index < -0.39 is 11.0 Å². The minimum absolute atomic E-state index is 0.118. The fraction of sp³-hybridized carbons (Fsp3) is 0.0769. The Morgan fingerprint density at radius 1 is 1.11 bits per heavy atom. The largest absolute Gasteiger partial charge is 0.384 e. The van der Waals surface area contributed by atoms with Crippen LogP contribution < -0.4 is 0 Å². The summed E-state index contributed by atoms with van der Waals surface area (Å²) in [6.45, 7) is 0. The summed E-state index contributed by atoms with van der Waals surface area (Å²) >= 11 is 11.7. The van der Waals surface area contributed by atoms with E-state index in [2.05, 4.69) is 0 Å². The normalized spacial score (nSPS) is 12.2. The van der Waals surface area contributed by atoms with Gasteiger partial charge in [0.2, 0.25) is 0 Å². The monoisotopic (exact) mass is 297 g/mol. The first-order valence-corrected chi connectivity index (χ1v) is 6.12. The Balaban J connectivity index is 2.42. The maximum atomic E-state index is 10.7. The summed E-state index contributed by atoms with van der Waals surface area (Å²) in [4.78, 5) is 10.2. The standard InChI is InChI=1S/C13H9Cl2NO3/c14-9-3-1-8(2-4-9)13(17)11-7-10(16(18)19)5-6-12(11)15/h1-7,13,17H. The average Bonchev–Trinajstić information content (AvgIpc) is 2.39. The zero-order chi connectivity index (χ0) is 14.0. The van der Waals surface area contributed by atoms with E-state index in [4.69, 9.17) is 23.2 Å². The van der Waals surface area contributed by atoms with Crippen LogP contribution in [0.1, 0.15) is 17.2 Å². The lowest BCUT2D eigenvalue weighted by molar-refractivity contribution is -0.385. The molecule has 0 radical (unpaired) electrons. The van der Waals surface area contributed by atoms with E-state index >= 15 is 0 Å². The van der Waals surface area contributed by atoms with Crippen LogP contribution in [0.25, 0.3) is 0 Å². The quantitative estimate of drug-likeness (QED) is 0.688. The summed E-state index contributed by atoms with van der Waals surface area (Å²) in [6.07, 6.45) is -1.04. The molecule has 0 aromatic heterocycles. The highest BCUT2D eigenvalue weighted by Gasteiger charge is 2.17. The Morgan fingerprint density at radius 3 is 2.32 bits per heavy atom. The molecule has 1 N–H and O–H groups in total. The molecule has 0 saturated carbocycles. The van der Waals surface area contributed by atoms with Crippen LogP contribution in [-0.4, -0.2) is 10.0 Å². The lowest BCUT2D eigenvalue weighted by atomic mass is 10.0. The van der Waals surface area contributed by atoms with Crippen LogP contribution in [0.3, 0.4) is 0 Å². The summed E-state index contributed by atoms with van der Waals surface area (Å²) in [6, 6.07) is 10.5. The van der Waals surface area contributed by atoms with Crippen LogP contribution in [0.5, 0.6) is 0 Å². The van der Waals surface area contributed by atoms with Crippen molar-refractivity contribution in [2.45, 2.75) is 6.10 Å². The highest BCUT2D eigenvalue weighted by Crippen LogP contribution is 2.31. The SMILES string of the molecule is O=[N+]([O-])c1ccc(Cl)c(C(O)c2ccc(Cl)cc2)c1. The molecule has 0 saturated heterocycles. The first-order chi connectivity index (χ1) is 8.99. The maximum absolute atomic E-state index is 10.7. The zero-order valence-electron chi connectivity index (χ0n) is 9.59. The third kappa shape index (κ3) is 3.04. The first kappa shape index (κ1) is 13.8. The molecule has 0 aliphatic carbocycles. The van der Waals surface area contributed by atoms with Gasteiger partial charge in [-0.15, -0.1) is 0 Å². The maximum Gasteiger partial charge on any atom is 0.269 e. The Hall–Kier alpha value is -1.62. The Bertz CT molecular complexity index is 614. The third-order valence-corrected chi connectivity index (χ3v) is 3.27. The van der Waals surface area contributed by atoms with E-state index in [0.29, 0.717) is 10.6 Å².